The summed E-state index contributed by atoms with van der Waals surface area (Å²) in [6.07, 6.45) is 0. The highest BCUT2D eigenvalue weighted by molar-refractivity contribution is 7.02. The van der Waals surface area contributed by atoms with Crippen LogP contribution in [0.2, 0.25) is 0 Å². The zero-order valence-corrected chi connectivity index (χ0v) is 31.0. The first-order chi connectivity index (χ1) is 28.3. The molecule has 0 unspecified atom stereocenters. The minimum absolute atomic E-state index is 0.132. The Bertz CT molecular complexity index is 2720. The number of anilines is 3. The average Bonchev–Trinajstić information content (AvgIpc) is 3.26. The van der Waals surface area contributed by atoms with Crippen LogP contribution in [0.4, 0.5) is 21.5 Å². The van der Waals surface area contributed by atoms with Crippen molar-refractivity contribution in [1.29, 1.82) is 0 Å². The molecule has 10 rings (SSSR count). The van der Waals surface area contributed by atoms with E-state index in [4.69, 9.17) is 0 Å². The molecule has 2 heterocycles. The molecule has 0 fully saturated rings. The molecule has 0 aliphatic carbocycles. The first-order valence-corrected chi connectivity index (χ1v) is 19.1. The summed E-state index contributed by atoms with van der Waals surface area (Å²) < 4.78 is 14.3. The van der Waals surface area contributed by atoms with E-state index in [1.165, 1.54) is 23.1 Å². The van der Waals surface area contributed by atoms with Gasteiger partial charge in [0.15, 0.2) is 0 Å². The predicted molar refractivity (Wildman–Crippen MR) is 234 cm³/mol. The maximum absolute atomic E-state index is 14.3. The Balaban J connectivity index is 1.17. The van der Waals surface area contributed by atoms with E-state index in [9.17, 15) is 24.2 Å². The van der Waals surface area contributed by atoms with Gasteiger partial charge < -0.3 is 15.1 Å². The summed E-state index contributed by atoms with van der Waals surface area (Å²) in [5.74, 6) is -2.20. The van der Waals surface area contributed by atoms with E-state index in [0.717, 1.165) is 72.3 Å². The van der Waals surface area contributed by atoms with Crippen molar-refractivity contribution in [3.8, 4) is 33.4 Å². The molecule has 5 nitrogen and oxygen atoms in total. The van der Waals surface area contributed by atoms with Crippen molar-refractivity contribution < 1.29 is 24.2 Å². The third kappa shape index (κ3) is 5.89. The molecule has 0 saturated carbocycles. The molecule has 0 aromatic heterocycles. The summed E-state index contributed by atoms with van der Waals surface area (Å²) in [4.78, 5) is 25.4. The highest BCUT2D eigenvalue weighted by atomic mass is 19.1. The van der Waals surface area contributed by atoms with Crippen LogP contribution in [0.3, 0.4) is 0 Å². The zero-order chi connectivity index (χ0) is 39.5. The molecule has 274 valence electrons. The van der Waals surface area contributed by atoms with Gasteiger partial charge in [-0.25, -0.2) is 14.0 Å². The second-order valence-corrected chi connectivity index (χ2v) is 14.8. The highest BCUT2D eigenvalue weighted by Crippen LogP contribution is 2.38. The predicted octanol–water partition coefficient (Wildman–Crippen LogP) is 7.35. The lowest BCUT2D eigenvalue weighted by molar-refractivity contribution is 0.0686. The van der Waals surface area contributed by atoms with Gasteiger partial charge in [-0.3, -0.25) is 0 Å². The Labute approximate surface area is 335 Å². The summed E-state index contributed by atoms with van der Waals surface area (Å²) >= 11 is 0. The summed E-state index contributed by atoms with van der Waals surface area (Å²) in [6.45, 7) is -0.265. The van der Waals surface area contributed by atoms with Crippen LogP contribution in [-0.2, 0) is 0 Å². The number of benzene rings is 8. The first-order valence-electron chi connectivity index (χ1n) is 19.1. The van der Waals surface area contributed by atoms with Gasteiger partial charge in [0.1, 0.15) is 5.82 Å². The lowest BCUT2D eigenvalue weighted by Crippen LogP contribution is -2.65. The van der Waals surface area contributed by atoms with Crippen molar-refractivity contribution in [3.05, 3.63) is 199 Å². The maximum Gasteiger partial charge on any atom is 0.335 e. The van der Waals surface area contributed by atoms with E-state index >= 15 is 0 Å². The Morgan fingerprint density at radius 1 is 0.414 bits per heavy atom. The van der Waals surface area contributed by atoms with Crippen molar-refractivity contribution >= 4 is 75.2 Å². The standard InChI is InChI=1S/C50H32B2FNO4/c53-41-27-21-35(22-28-41)38-29-44-48-45(30-38)52(40-25-19-34(20-26-40)32-11-15-37(16-12-32)50(57)58)43-6-2-4-8-47(43)54(48)46-7-3-1-5-42(46)51(44)39-23-17-33(18-24-39)31-9-13-36(14-10-31)49(55)56/h1-30H,(H,55,56)(H,57,58). The number of carboxylic acid groups (broad SMARTS) is 2. The molecule has 0 amide bonds. The molecule has 2 aliphatic heterocycles. The van der Waals surface area contributed by atoms with E-state index in [0.29, 0.717) is 0 Å². The van der Waals surface area contributed by atoms with Gasteiger partial charge in [0, 0.05) is 17.1 Å². The van der Waals surface area contributed by atoms with E-state index in [-0.39, 0.29) is 30.4 Å². The van der Waals surface area contributed by atoms with Crippen molar-refractivity contribution in [2.75, 3.05) is 4.90 Å². The summed E-state index contributed by atoms with van der Waals surface area (Å²) in [7, 11) is 0. The van der Waals surface area contributed by atoms with E-state index in [1.54, 1.807) is 24.3 Å². The van der Waals surface area contributed by atoms with Gasteiger partial charge in [-0.15, -0.1) is 0 Å². The highest BCUT2D eigenvalue weighted by Gasteiger charge is 2.43. The monoisotopic (exact) mass is 751 g/mol. The number of carbonyl (C=O) groups is 2. The molecule has 0 bridgehead atoms. The zero-order valence-electron chi connectivity index (χ0n) is 31.0. The number of carboxylic acids is 2. The van der Waals surface area contributed by atoms with Crippen LogP contribution in [-0.4, -0.2) is 35.6 Å². The molecule has 8 aromatic carbocycles. The van der Waals surface area contributed by atoms with Gasteiger partial charge >= 0.3 is 11.9 Å². The van der Waals surface area contributed by atoms with Crippen LogP contribution >= 0.6 is 0 Å². The van der Waals surface area contributed by atoms with Gasteiger partial charge in [0.25, 0.3) is 0 Å². The molecule has 2 aliphatic rings. The molecule has 8 heteroatoms. The number of rotatable bonds is 7. The Hall–Kier alpha value is -7.44. The Kier molecular flexibility index (Phi) is 8.41. The van der Waals surface area contributed by atoms with Gasteiger partial charge in [0.05, 0.1) is 11.1 Å². The van der Waals surface area contributed by atoms with Crippen LogP contribution < -0.4 is 37.7 Å². The van der Waals surface area contributed by atoms with Crippen molar-refractivity contribution in [3.63, 3.8) is 0 Å². The third-order valence-corrected chi connectivity index (χ3v) is 11.6. The fraction of sp³-hybridized carbons (Fsp3) is 0. The van der Waals surface area contributed by atoms with Crippen molar-refractivity contribution in [2.24, 2.45) is 0 Å². The normalized spacial score (nSPS) is 12.4. The fourth-order valence-corrected chi connectivity index (χ4v) is 8.83. The Morgan fingerprint density at radius 2 is 0.759 bits per heavy atom. The molecule has 2 N–H and O–H groups in total. The average molecular weight is 751 g/mol. The molecule has 0 radical (unpaired) electrons. The van der Waals surface area contributed by atoms with Crippen molar-refractivity contribution in [1.82, 2.24) is 0 Å². The molecule has 58 heavy (non-hydrogen) atoms. The van der Waals surface area contributed by atoms with Crippen LogP contribution in [0.1, 0.15) is 20.7 Å². The van der Waals surface area contributed by atoms with E-state index in [1.807, 2.05) is 36.4 Å². The van der Waals surface area contributed by atoms with Crippen molar-refractivity contribution in [2.45, 2.75) is 0 Å². The fourth-order valence-electron chi connectivity index (χ4n) is 8.83. The van der Waals surface area contributed by atoms with Crippen LogP contribution in [0.15, 0.2) is 182 Å². The number of hydrogen-bond acceptors (Lipinski definition) is 3. The van der Waals surface area contributed by atoms with Gasteiger partial charge in [-0.1, -0.05) is 144 Å². The van der Waals surface area contributed by atoms with Crippen LogP contribution in [0, 0.1) is 5.82 Å². The third-order valence-electron chi connectivity index (χ3n) is 11.6. The molecular formula is C50H32B2FNO4. The minimum Gasteiger partial charge on any atom is -0.478 e. The lowest BCUT2D eigenvalue weighted by atomic mass is 9.30. The molecule has 8 aromatic rings. The second-order valence-electron chi connectivity index (χ2n) is 14.8. The first kappa shape index (κ1) is 35.0. The topological polar surface area (TPSA) is 77.8 Å². The summed E-state index contributed by atoms with van der Waals surface area (Å²) in [5, 5.41) is 18.9. The minimum atomic E-state index is -0.954. The number of para-hydroxylation sites is 2. The second kappa shape index (κ2) is 13.9. The van der Waals surface area contributed by atoms with Crippen LogP contribution in [0.5, 0.6) is 0 Å². The van der Waals surface area contributed by atoms with Gasteiger partial charge in [-0.05, 0) is 104 Å². The van der Waals surface area contributed by atoms with E-state index in [2.05, 4.69) is 114 Å². The smallest absolute Gasteiger partial charge is 0.335 e. The van der Waals surface area contributed by atoms with Gasteiger partial charge in [-0.2, -0.15) is 0 Å². The number of fused-ring (bicyclic) bond motifs is 4. The number of nitrogens with zero attached hydrogens (tertiary/aromatic N) is 1. The number of halogens is 1. The van der Waals surface area contributed by atoms with E-state index < -0.39 is 11.9 Å². The SMILES string of the molecule is O=C(O)c1ccc(-c2ccc(B3c4ccccc4N4c5ccccc5B(c5ccc(-c6ccc(C(=O)O)cc6)cc5)c5cc(-c6ccc(F)cc6)cc3c54)cc2)cc1. The lowest BCUT2D eigenvalue weighted by Gasteiger charge is -2.44. The number of aromatic carboxylic acids is 2. The molecular weight excluding hydrogens is 719 g/mol. The maximum atomic E-state index is 14.3. The largest absolute Gasteiger partial charge is 0.478 e. The quantitative estimate of drug-likeness (QED) is 0.167. The number of hydrogen-bond donors (Lipinski definition) is 2. The molecule has 0 spiro atoms. The Morgan fingerprint density at radius 3 is 1.16 bits per heavy atom. The summed E-state index contributed by atoms with van der Waals surface area (Å²) in [5.41, 5.74) is 16.5. The summed E-state index contributed by atoms with van der Waals surface area (Å²) in [6, 6.07) is 59.4. The molecule has 0 saturated heterocycles. The molecule has 0 atom stereocenters. The van der Waals surface area contributed by atoms with Crippen LogP contribution in [0.25, 0.3) is 33.4 Å². The van der Waals surface area contributed by atoms with Gasteiger partial charge in [0.2, 0.25) is 13.4 Å².